The standard InChI is InChI=1S/C18H21BrN2O3S/c1-25(23,24)21(17-11-5-10-16(19)13-17)14-18(22)20-12-6-9-15-7-3-2-4-8-15/h2-5,7-8,10-11,13H,6,9,12,14H2,1H3,(H,20,22). The summed E-state index contributed by atoms with van der Waals surface area (Å²) in [4.78, 5) is 12.1. The molecule has 2 rings (SSSR count). The summed E-state index contributed by atoms with van der Waals surface area (Å²) in [5.41, 5.74) is 1.67. The predicted octanol–water partition coefficient (Wildman–Crippen LogP) is 2.96. The van der Waals surface area contributed by atoms with Crippen molar-refractivity contribution in [2.24, 2.45) is 0 Å². The van der Waals surface area contributed by atoms with Crippen LogP contribution in [0.1, 0.15) is 12.0 Å². The maximum Gasteiger partial charge on any atom is 0.240 e. The Morgan fingerprint density at radius 2 is 1.84 bits per heavy atom. The molecular weight excluding hydrogens is 404 g/mol. The van der Waals surface area contributed by atoms with E-state index in [-0.39, 0.29) is 12.5 Å². The second kappa shape index (κ2) is 9.01. The van der Waals surface area contributed by atoms with Crippen molar-refractivity contribution < 1.29 is 13.2 Å². The highest BCUT2D eigenvalue weighted by Crippen LogP contribution is 2.21. The first-order valence-electron chi connectivity index (χ1n) is 7.90. The van der Waals surface area contributed by atoms with Crippen molar-refractivity contribution in [3.63, 3.8) is 0 Å². The van der Waals surface area contributed by atoms with Crippen molar-refractivity contribution in [2.75, 3.05) is 23.7 Å². The molecule has 0 bridgehead atoms. The zero-order valence-corrected chi connectivity index (χ0v) is 16.4. The minimum absolute atomic E-state index is 0.235. The molecular formula is C18H21BrN2O3S. The molecule has 2 aromatic rings. The molecule has 0 aliphatic rings. The Hall–Kier alpha value is -1.86. The van der Waals surface area contributed by atoms with Gasteiger partial charge in [0.1, 0.15) is 6.54 Å². The van der Waals surface area contributed by atoms with Crippen molar-refractivity contribution in [1.82, 2.24) is 5.32 Å². The van der Waals surface area contributed by atoms with Gasteiger partial charge in [-0.3, -0.25) is 9.10 Å². The van der Waals surface area contributed by atoms with Gasteiger partial charge in [-0.1, -0.05) is 52.3 Å². The van der Waals surface area contributed by atoms with Gasteiger partial charge in [-0.2, -0.15) is 0 Å². The molecule has 1 amide bonds. The molecule has 1 N–H and O–H groups in total. The number of sulfonamides is 1. The molecule has 0 aliphatic carbocycles. The third kappa shape index (κ3) is 6.51. The third-order valence-corrected chi connectivity index (χ3v) is 5.22. The van der Waals surface area contributed by atoms with E-state index in [0.717, 1.165) is 27.9 Å². The van der Waals surface area contributed by atoms with Gasteiger partial charge < -0.3 is 5.32 Å². The summed E-state index contributed by atoms with van der Waals surface area (Å²) in [5, 5.41) is 2.78. The molecule has 0 saturated carbocycles. The van der Waals surface area contributed by atoms with Gasteiger partial charge in [-0.05, 0) is 36.6 Å². The maximum atomic E-state index is 12.1. The summed E-state index contributed by atoms with van der Waals surface area (Å²) in [6.45, 7) is 0.268. The Balaban J connectivity index is 1.89. The van der Waals surface area contributed by atoms with Gasteiger partial charge >= 0.3 is 0 Å². The number of rotatable bonds is 8. The SMILES string of the molecule is CS(=O)(=O)N(CC(=O)NCCCc1ccccc1)c1cccc(Br)c1. The Kier molecular flexibility index (Phi) is 7.01. The van der Waals surface area contributed by atoms with Crippen LogP contribution < -0.4 is 9.62 Å². The van der Waals surface area contributed by atoms with Crippen molar-refractivity contribution in [2.45, 2.75) is 12.8 Å². The van der Waals surface area contributed by atoms with E-state index in [2.05, 4.69) is 21.2 Å². The van der Waals surface area contributed by atoms with Crippen LogP contribution in [0.5, 0.6) is 0 Å². The zero-order chi connectivity index (χ0) is 18.3. The van der Waals surface area contributed by atoms with Crippen LogP contribution in [0.15, 0.2) is 59.1 Å². The van der Waals surface area contributed by atoms with E-state index in [1.165, 1.54) is 5.56 Å². The number of aryl methyl sites for hydroxylation is 1. The molecule has 0 atom stereocenters. The van der Waals surface area contributed by atoms with Crippen molar-refractivity contribution in [3.8, 4) is 0 Å². The van der Waals surface area contributed by atoms with Gasteiger partial charge in [0.2, 0.25) is 15.9 Å². The predicted molar refractivity (Wildman–Crippen MR) is 104 cm³/mol. The van der Waals surface area contributed by atoms with Crippen LogP contribution in [-0.2, 0) is 21.2 Å². The van der Waals surface area contributed by atoms with Crippen molar-refractivity contribution >= 4 is 37.5 Å². The lowest BCUT2D eigenvalue weighted by Crippen LogP contribution is -2.40. The van der Waals surface area contributed by atoms with E-state index in [4.69, 9.17) is 0 Å². The van der Waals surface area contributed by atoms with E-state index in [0.29, 0.717) is 12.2 Å². The fourth-order valence-corrected chi connectivity index (χ4v) is 3.62. The van der Waals surface area contributed by atoms with Crippen LogP contribution in [0, 0.1) is 0 Å². The number of hydrogen-bond acceptors (Lipinski definition) is 3. The Morgan fingerprint density at radius 1 is 1.12 bits per heavy atom. The van der Waals surface area contributed by atoms with Gasteiger partial charge in [0, 0.05) is 11.0 Å². The molecule has 0 aromatic heterocycles. The summed E-state index contributed by atoms with van der Waals surface area (Å²) < 4.78 is 25.9. The van der Waals surface area contributed by atoms with Crippen LogP contribution in [0.3, 0.4) is 0 Å². The number of nitrogens with zero attached hydrogens (tertiary/aromatic N) is 1. The van der Waals surface area contributed by atoms with E-state index in [1.54, 1.807) is 24.3 Å². The van der Waals surface area contributed by atoms with Gasteiger partial charge in [0.05, 0.1) is 11.9 Å². The first kappa shape index (κ1) is 19.5. The van der Waals surface area contributed by atoms with Crippen LogP contribution in [-0.4, -0.2) is 33.7 Å². The molecule has 25 heavy (non-hydrogen) atoms. The Morgan fingerprint density at radius 3 is 2.48 bits per heavy atom. The van der Waals surface area contributed by atoms with Crippen LogP contribution >= 0.6 is 15.9 Å². The van der Waals surface area contributed by atoms with Crippen molar-refractivity contribution in [3.05, 3.63) is 64.6 Å². The molecule has 5 nitrogen and oxygen atoms in total. The lowest BCUT2D eigenvalue weighted by Gasteiger charge is -2.22. The molecule has 0 saturated heterocycles. The van der Waals surface area contributed by atoms with E-state index >= 15 is 0 Å². The fraction of sp³-hybridized carbons (Fsp3) is 0.278. The number of carbonyl (C=O) groups is 1. The lowest BCUT2D eigenvalue weighted by molar-refractivity contribution is -0.119. The quantitative estimate of drug-likeness (QED) is 0.662. The largest absolute Gasteiger partial charge is 0.355 e. The van der Waals surface area contributed by atoms with Crippen LogP contribution in [0.2, 0.25) is 0 Å². The van der Waals surface area contributed by atoms with E-state index < -0.39 is 10.0 Å². The third-order valence-electron chi connectivity index (χ3n) is 3.59. The smallest absolute Gasteiger partial charge is 0.240 e. The topological polar surface area (TPSA) is 66.5 Å². The summed E-state index contributed by atoms with van der Waals surface area (Å²) in [5.74, 6) is -0.321. The van der Waals surface area contributed by atoms with Crippen LogP contribution in [0.25, 0.3) is 0 Å². The Bertz CT molecular complexity index is 810. The summed E-state index contributed by atoms with van der Waals surface area (Å²) >= 11 is 3.31. The normalized spacial score (nSPS) is 11.1. The highest BCUT2D eigenvalue weighted by Gasteiger charge is 2.20. The summed E-state index contributed by atoms with van der Waals surface area (Å²) in [7, 11) is -3.55. The maximum absolute atomic E-state index is 12.1. The second-order valence-corrected chi connectivity index (χ2v) is 8.51. The molecule has 0 radical (unpaired) electrons. The number of anilines is 1. The Labute approximate surface area is 157 Å². The number of nitrogens with one attached hydrogen (secondary N) is 1. The molecule has 0 aliphatic heterocycles. The summed E-state index contributed by atoms with van der Waals surface area (Å²) in [6, 6.07) is 16.9. The first-order valence-corrected chi connectivity index (χ1v) is 10.5. The molecule has 0 heterocycles. The highest BCUT2D eigenvalue weighted by molar-refractivity contribution is 9.10. The van der Waals surface area contributed by atoms with Crippen LogP contribution in [0.4, 0.5) is 5.69 Å². The molecule has 7 heteroatoms. The average molecular weight is 425 g/mol. The highest BCUT2D eigenvalue weighted by atomic mass is 79.9. The monoisotopic (exact) mass is 424 g/mol. The van der Waals surface area contributed by atoms with E-state index in [9.17, 15) is 13.2 Å². The van der Waals surface area contributed by atoms with Gasteiger partial charge in [-0.25, -0.2) is 8.42 Å². The second-order valence-electron chi connectivity index (χ2n) is 5.69. The number of benzene rings is 2. The fourth-order valence-electron chi connectivity index (χ4n) is 2.38. The first-order chi connectivity index (χ1) is 11.9. The van der Waals surface area contributed by atoms with Gasteiger partial charge in [0.15, 0.2) is 0 Å². The zero-order valence-electron chi connectivity index (χ0n) is 14.0. The molecule has 0 unspecified atom stereocenters. The molecule has 0 fully saturated rings. The van der Waals surface area contributed by atoms with Crippen molar-refractivity contribution in [1.29, 1.82) is 0 Å². The minimum Gasteiger partial charge on any atom is -0.355 e. The number of amides is 1. The number of carbonyl (C=O) groups excluding carboxylic acids is 1. The van der Waals surface area contributed by atoms with Gasteiger partial charge in [-0.15, -0.1) is 0 Å². The lowest BCUT2D eigenvalue weighted by atomic mass is 10.1. The van der Waals surface area contributed by atoms with E-state index in [1.807, 2.05) is 30.3 Å². The summed E-state index contributed by atoms with van der Waals surface area (Å²) in [6.07, 6.45) is 2.75. The average Bonchev–Trinajstić information content (AvgIpc) is 2.56. The molecule has 0 spiro atoms. The minimum atomic E-state index is -3.55. The molecule has 134 valence electrons. The number of halogens is 1. The number of hydrogen-bond donors (Lipinski definition) is 1. The van der Waals surface area contributed by atoms with Gasteiger partial charge in [0.25, 0.3) is 0 Å². The molecule has 2 aromatic carbocycles.